The van der Waals surface area contributed by atoms with Gasteiger partial charge in [-0.3, -0.25) is 28.4 Å². The molecule has 18 rings (SSSR count). The van der Waals surface area contributed by atoms with Crippen molar-refractivity contribution < 1.29 is 8.85 Å². The van der Waals surface area contributed by atoms with Crippen molar-refractivity contribution in [3.05, 3.63) is 107 Å². The molecule has 6 aromatic heterocycles. The normalized spacial score (nSPS) is 33.5. The first-order chi connectivity index (χ1) is 32.0. The lowest BCUT2D eigenvalue weighted by Crippen LogP contribution is -2.66. The Bertz CT molecular complexity index is 3110. The zero-order valence-electron chi connectivity index (χ0n) is 36.0. The Morgan fingerprint density at radius 2 is 0.923 bits per heavy atom. The molecule has 0 atom stereocenters. The van der Waals surface area contributed by atoms with Gasteiger partial charge < -0.3 is 8.85 Å². The number of aromatic nitrogens is 6. The van der Waals surface area contributed by atoms with E-state index in [1.54, 1.807) is 12.4 Å². The van der Waals surface area contributed by atoms with Crippen molar-refractivity contribution in [2.24, 2.45) is 76.3 Å². The minimum atomic E-state index is -4.31. The smallest absolute Gasteiger partial charge is 0.360 e. The van der Waals surface area contributed by atoms with Crippen LogP contribution in [0.25, 0.3) is 21.8 Å². The summed E-state index contributed by atoms with van der Waals surface area (Å²) < 4.78 is 21.0. The van der Waals surface area contributed by atoms with E-state index in [-0.39, 0.29) is 10.8 Å². The highest BCUT2D eigenvalue weighted by Gasteiger charge is 2.60. The molecule has 0 amide bonds. The van der Waals surface area contributed by atoms with Crippen LogP contribution in [-0.4, -0.2) is 73.8 Å². The summed E-state index contributed by atoms with van der Waals surface area (Å²) in [6.07, 6.45) is 22.4. The summed E-state index contributed by atoms with van der Waals surface area (Å²) in [4.78, 5) is 52.9. The van der Waals surface area contributed by atoms with Crippen molar-refractivity contribution in [2.45, 2.75) is 77.0 Å². The van der Waals surface area contributed by atoms with E-state index in [0.29, 0.717) is 81.6 Å². The SMILES string of the molecule is c1cnc2c(c1)C1=Nc3c4ncccc4c4n3[Si](OCC35CC6CC(CC(C6)C3)C5)(OCC35CC6CC(CC(C6)C3)C5)n3c(c5cccnc5c3=NC3=NC(=N4)c4ncccc43)=NC2=N1. The number of hydrogen-bond donors (Lipinski definition) is 0. The summed E-state index contributed by atoms with van der Waals surface area (Å²) in [6.45, 7) is 1.09. The first-order valence-electron chi connectivity index (χ1n) is 23.9. The molecular weight excluding hydrogens is 829 g/mol. The molecule has 0 saturated heterocycles. The third-order valence-electron chi connectivity index (χ3n) is 17.2. The number of rotatable bonds is 6. The summed E-state index contributed by atoms with van der Waals surface area (Å²) in [5, 5.41) is 1.63. The first-order valence-corrected chi connectivity index (χ1v) is 25.6. The lowest BCUT2D eigenvalue weighted by atomic mass is 9.50. The molecule has 12 aliphatic rings. The molecule has 8 fully saturated rings. The van der Waals surface area contributed by atoms with Gasteiger partial charge in [0.15, 0.2) is 34.6 Å². The number of aliphatic imine (C=N–C) groups is 4. The van der Waals surface area contributed by atoms with E-state index >= 15 is 0 Å². The summed E-state index contributed by atoms with van der Waals surface area (Å²) in [5.41, 5.74) is 5.52. The molecule has 322 valence electrons. The van der Waals surface area contributed by atoms with E-state index in [4.69, 9.17) is 58.7 Å². The maximum atomic E-state index is 8.27. The summed E-state index contributed by atoms with van der Waals surface area (Å²) in [7, 11) is -4.31. The zero-order valence-corrected chi connectivity index (χ0v) is 37.0. The molecule has 0 radical (unpaired) electrons. The standard InChI is InChI=1S/C50H46N12O2Si/c1-5-33-37(51-9-1)43-55-41(33)57-47-39-35(7-3-11-53-39)46-60-44-38-34(6-2-10-52-38)42(56-44)58-48-40-36(8-4-12-54-40)45(59-43)62(48)65(61(46)47,63-25-49-19-27-13-28(20-49)15-29(14-27)21-49)64-26-50-22-30-16-31(23-50)18-32(17-30)24-50/h1-12,27-32H,13-26H2. The summed E-state index contributed by atoms with van der Waals surface area (Å²) >= 11 is 0. The molecule has 0 unspecified atom stereocenters. The molecule has 15 heteroatoms. The van der Waals surface area contributed by atoms with E-state index in [9.17, 15) is 0 Å². The Morgan fingerprint density at radius 1 is 0.462 bits per heavy atom. The first kappa shape index (κ1) is 36.3. The zero-order chi connectivity index (χ0) is 42.2. The van der Waals surface area contributed by atoms with Crippen LogP contribution in [0.3, 0.4) is 0 Å². The molecule has 14 nitrogen and oxygen atoms in total. The van der Waals surface area contributed by atoms with Gasteiger partial charge in [-0.15, -0.1) is 0 Å². The van der Waals surface area contributed by atoms with Crippen molar-refractivity contribution >= 4 is 65.7 Å². The molecule has 4 aliphatic heterocycles. The quantitative estimate of drug-likeness (QED) is 0.159. The van der Waals surface area contributed by atoms with Crippen LogP contribution in [0.2, 0.25) is 0 Å². The second-order valence-electron chi connectivity index (χ2n) is 21.5. The molecule has 65 heavy (non-hydrogen) atoms. The average Bonchev–Trinajstić information content (AvgIpc) is 4.02. The van der Waals surface area contributed by atoms with E-state index < -0.39 is 8.88 Å². The molecule has 8 aliphatic carbocycles. The predicted molar refractivity (Wildman–Crippen MR) is 245 cm³/mol. The fraction of sp³-hybridized carbons (Fsp3) is 0.440. The third kappa shape index (κ3) is 5.06. The monoisotopic (exact) mass is 874 g/mol. The van der Waals surface area contributed by atoms with E-state index in [2.05, 4.69) is 20.6 Å². The van der Waals surface area contributed by atoms with Gasteiger partial charge in [-0.2, -0.15) is 0 Å². The number of pyridine rings is 4. The van der Waals surface area contributed by atoms with Gasteiger partial charge in [0, 0.05) is 59.9 Å². The molecule has 6 aromatic rings. The Balaban J connectivity index is 1.07. The van der Waals surface area contributed by atoms with E-state index in [0.717, 1.165) is 57.4 Å². The van der Waals surface area contributed by atoms with Crippen LogP contribution in [0.1, 0.15) is 99.6 Å². The van der Waals surface area contributed by atoms with Crippen LogP contribution in [0, 0.1) is 46.3 Å². The van der Waals surface area contributed by atoms with Crippen LogP contribution in [-0.2, 0) is 8.85 Å². The Labute approximate surface area is 374 Å². The molecule has 14 bridgehead atoms. The second-order valence-corrected chi connectivity index (χ2v) is 24.1. The van der Waals surface area contributed by atoms with E-state index in [1.165, 1.54) is 77.0 Å². The number of nitrogens with zero attached hydrogens (tertiary/aromatic N) is 12. The fourth-order valence-electron chi connectivity index (χ4n) is 15.7. The van der Waals surface area contributed by atoms with Crippen LogP contribution in [0.5, 0.6) is 0 Å². The number of amidine groups is 4. The minimum Gasteiger partial charge on any atom is -0.360 e. The van der Waals surface area contributed by atoms with Crippen LogP contribution in [0.4, 0.5) is 11.6 Å². The molecule has 8 saturated carbocycles. The van der Waals surface area contributed by atoms with Crippen LogP contribution in [0.15, 0.2) is 103 Å². The maximum absolute atomic E-state index is 8.27. The summed E-state index contributed by atoms with van der Waals surface area (Å²) in [6, 6.07) is 16.0. The predicted octanol–water partition coefficient (Wildman–Crippen LogP) is 7.42. The minimum absolute atomic E-state index is 0.0279. The number of fused-ring (bicyclic) bond motifs is 14. The lowest BCUT2D eigenvalue weighted by molar-refractivity contribution is -0.0962. The van der Waals surface area contributed by atoms with Crippen molar-refractivity contribution in [3.63, 3.8) is 0 Å². The largest absolute Gasteiger partial charge is 0.603 e. The molecule has 10 heterocycles. The van der Waals surface area contributed by atoms with Gasteiger partial charge in [-0.1, -0.05) is 0 Å². The Kier molecular flexibility index (Phi) is 7.10. The van der Waals surface area contributed by atoms with Gasteiger partial charge in [-0.25, -0.2) is 30.0 Å². The topological polar surface area (TPSA) is 154 Å². The lowest BCUT2D eigenvalue weighted by Gasteiger charge is -2.58. The van der Waals surface area contributed by atoms with Crippen molar-refractivity contribution in [1.29, 1.82) is 0 Å². The van der Waals surface area contributed by atoms with Crippen LogP contribution < -0.4 is 11.0 Å². The average molecular weight is 875 g/mol. The van der Waals surface area contributed by atoms with Gasteiger partial charge in [0.2, 0.25) is 0 Å². The Morgan fingerprint density at radius 3 is 1.52 bits per heavy atom. The van der Waals surface area contributed by atoms with Gasteiger partial charge in [-0.05, 0) is 172 Å². The molecule has 0 aromatic carbocycles. The van der Waals surface area contributed by atoms with Crippen molar-refractivity contribution in [3.8, 4) is 0 Å². The van der Waals surface area contributed by atoms with Crippen molar-refractivity contribution in [1.82, 2.24) is 28.4 Å². The van der Waals surface area contributed by atoms with Gasteiger partial charge in [0.05, 0.1) is 0 Å². The molecule has 0 spiro atoms. The highest BCUT2D eigenvalue weighted by atomic mass is 28.4. The maximum Gasteiger partial charge on any atom is 0.603 e. The second kappa shape index (κ2) is 12.7. The summed E-state index contributed by atoms with van der Waals surface area (Å²) in [5.74, 6) is 7.57. The van der Waals surface area contributed by atoms with Gasteiger partial charge in [0.1, 0.15) is 33.7 Å². The van der Waals surface area contributed by atoms with Gasteiger partial charge in [0.25, 0.3) is 0 Å². The van der Waals surface area contributed by atoms with Crippen LogP contribution >= 0.6 is 0 Å². The van der Waals surface area contributed by atoms with Crippen molar-refractivity contribution in [2.75, 3.05) is 13.2 Å². The fourth-order valence-corrected chi connectivity index (χ4v) is 19.2. The van der Waals surface area contributed by atoms with Gasteiger partial charge >= 0.3 is 8.88 Å². The molecule has 0 N–H and O–H groups in total. The number of hydrogen-bond acceptors (Lipinski definition) is 12. The molecular formula is C50H46N12O2Si. The van der Waals surface area contributed by atoms with E-state index in [1.807, 2.05) is 48.8 Å². The highest BCUT2D eigenvalue weighted by molar-refractivity contribution is 6.66. The Hall–Kier alpha value is -5.90. The third-order valence-corrected chi connectivity index (χ3v) is 20.2. The highest BCUT2D eigenvalue weighted by Crippen LogP contribution is 2.62.